The minimum Gasteiger partial charge on any atom is -0.465 e. The quantitative estimate of drug-likeness (QED) is 0.793. The van der Waals surface area contributed by atoms with E-state index in [2.05, 4.69) is 0 Å². The summed E-state index contributed by atoms with van der Waals surface area (Å²) in [4.78, 5) is 27.5. The minimum absolute atomic E-state index is 0.0803. The molecular weight excluding hydrogens is 328 g/mol. The highest BCUT2D eigenvalue weighted by molar-refractivity contribution is 5.97. The van der Waals surface area contributed by atoms with Crippen molar-refractivity contribution >= 4 is 5.91 Å². The van der Waals surface area contributed by atoms with Crippen LogP contribution in [0.25, 0.3) is 0 Å². The van der Waals surface area contributed by atoms with Crippen LogP contribution in [0, 0.1) is 12.8 Å². The van der Waals surface area contributed by atoms with Crippen molar-refractivity contribution < 1.29 is 9.21 Å². The third-order valence-corrected chi connectivity index (χ3v) is 6.33. The fourth-order valence-corrected chi connectivity index (χ4v) is 5.20. The van der Waals surface area contributed by atoms with Crippen molar-refractivity contribution in [2.75, 3.05) is 13.1 Å². The molecule has 5 rings (SSSR count). The number of nitrogens with zero attached hydrogens (tertiary/aromatic N) is 2. The summed E-state index contributed by atoms with van der Waals surface area (Å²) in [5.41, 5.74) is 3.12. The second kappa shape index (κ2) is 5.86. The predicted octanol–water partition coefficient (Wildman–Crippen LogP) is 2.89. The van der Waals surface area contributed by atoms with Crippen molar-refractivity contribution in [1.82, 2.24) is 9.47 Å². The van der Waals surface area contributed by atoms with E-state index in [4.69, 9.17) is 4.42 Å². The number of carbonyl (C=O) groups excluding carboxylic acids is 1. The van der Waals surface area contributed by atoms with E-state index in [9.17, 15) is 9.59 Å². The third kappa shape index (κ3) is 2.37. The number of carbonyl (C=O) groups is 1. The van der Waals surface area contributed by atoms with Gasteiger partial charge in [0.25, 0.3) is 11.5 Å². The monoisotopic (exact) mass is 352 g/mol. The second-order valence-corrected chi connectivity index (χ2v) is 8.05. The van der Waals surface area contributed by atoms with Crippen LogP contribution in [0.2, 0.25) is 0 Å². The summed E-state index contributed by atoms with van der Waals surface area (Å²) in [7, 11) is 0. The van der Waals surface area contributed by atoms with Gasteiger partial charge in [-0.05, 0) is 44.6 Å². The first kappa shape index (κ1) is 15.9. The molecule has 1 fully saturated rings. The maximum Gasteiger partial charge on any atom is 0.257 e. The van der Waals surface area contributed by atoms with Crippen LogP contribution in [0.3, 0.4) is 0 Å². The second-order valence-electron chi connectivity index (χ2n) is 8.05. The van der Waals surface area contributed by atoms with Crippen LogP contribution in [0.5, 0.6) is 0 Å². The zero-order valence-electron chi connectivity index (χ0n) is 15.2. The van der Waals surface area contributed by atoms with E-state index in [1.165, 1.54) is 0 Å². The molecule has 2 aromatic heterocycles. The lowest BCUT2D eigenvalue weighted by Gasteiger charge is -2.42. The molecular formula is C21H24N2O3. The Labute approximate surface area is 152 Å². The minimum atomic E-state index is 0.0803. The van der Waals surface area contributed by atoms with E-state index < -0.39 is 0 Å². The summed E-state index contributed by atoms with van der Waals surface area (Å²) < 4.78 is 7.83. The molecule has 0 N–H and O–H groups in total. The van der Waals surface area contributed by atoms with Gasteiger partial charge in [-0.25, -0.2) is 0 Å². The van der Waals surface area contributed by atoms with Crippen LogP contribution < -0.4 is 5.56 Å². The summed E-state index contributed by atoms with van der Waals surface area (Å²) in [6, 6.07) is 5.52. The highest BCUT2D eigenvalue weighted by Crippen LogP contribution is 2.37. The lowest BCUT2D eigenvalue weighted by molar-refractivity contribution is 0.0592. The van der Waals surface area contributed by atoms with Crippen LogP contribution in [0.1, 0.15) is 58.3 Å². The standard InChI is InChI=1S/C21H24N2O3/c1-13-20(16-5-2-3-7-18(16)26-13)21(25)22-10-14-9-15(12-22)17-6-4-8-19(24)23(17)11-14/h4,6,8,14-15H,2-3,5,7,9-12H2,1H3/t14-,15+/m0/s1. The predicted molar refractivity (Wildman–Crippen MR) is 97.5 cm³/mol. The number of furan rings is 1. The molecule has 1 saturated heterocycles. The summed E-state index contributed by atoms with van der Waals surface area (Å²) >= 11 is 0. The largest absolute Gasteiger partial charge is 0.465 e. The molecule has 0 saturated carbocycles. The van der Waals surface area contributed by atoms with Gasteiger partial charge in [0.2, 0.25) is 0 Å². The zero-order chi connectivity index (χ0) is 17.8. The highest BCUT2D eigenvalue weighted by Gasteiger charge is 2.38. The van der Waals surface area contributed by atoms with Crippen molar-refractivity contribution in [2.45, 2.75) is 51.5 Å². The van der Waals surface area contributed by atoms with Crippen molar-refractivity contribution in [2.24, 2.45) is 5.92 Å². The average Bonchev–Trinajstić information content (AvgIpc) is 2.97. The fourth-order valence-electron chi connectivity index (χ4n) is 5.20. The molecule has 5 nitrogen and oxygen atoms in total. The molecule has 2 aliphatic heterocycles. The lowest BCUT2D eigenvalue weighted by Crippen LogP contribution is -2.49. The molecule has 136 valence electrons. The molecule has 0 spiro atoms. The zero-order valence-corrected chi connectivity index (χ0v) is 15.2. The Kier molecular flexibility index (Phi) is 3.59. The Bertz CT molecular complexity index is 939. The molecule has 2 aromatic rings. The van der Waals surface area contributed by atoms with Crippen molar-refractivity contribution in [1.29, 1.82) is 0 Å². The number of hydrogen-bond acceptors (Lipinski definition) is 3. The molecule has 4 heterocycles. The maximum absolute atomic E-state index is 13.4. The average molecular weight is 352 g/mol. The van der Waals surface area contributed by atoms with Gasteiger partial charge in [-0.3, -0.25) is 9.59 Å². The van der Waals surface area contributed by atoms with Gasteiger partial charge in [0.05, 0.1) is 5.56 Å². The van der Waals surface area contributed by atoms with Crippen molar-refractivity contribution in [3.63, 3.8) is 0 Å². The molecule has 0 radical (unpaired) electrons. The molecule has 26 heavy (non-hydrogen) atoms. The summed E-state index contributed by atoms with van der Waals surface area (Å²) in [5, 5.41) is 0. The molecule has 2 bridgehead atoms. The first-order chi connectivity index (χ1) is 12.6. The fraction of sp³-hybridized carbons (Fsp3) is 0.524. The third-order valence-electron chi connectivity index (χ3n) is 6.33. The number of aryl methyl sites for hydroxylation is 2. The maximum atomic E-state index is 13.4. The molecule has 1 aliphatic carbocycles. The van der Waals surface area contributed by atoms with E-state index in [1.807, 2.05) is 28.5 Å². The van der Waals surface area contributed by atoms with Gasteiger partial charge in [-0.15, -0.1) is 0 Å². The van der Waals surface area contributed by atoms with E-state index in [1.54, 1.807) is 6.07 Å². The van der Waals surface area contributed by atoms with Gasteiger partial charge in [-0.1, -0.05) is 6.07 Å². The number of likely N-dealkylation sites (tertiary alicyclic amines) is 1. The Morgan fingerprint density at radius 2 is 2.00 bits per heavy atom. The van der Waals surface area contributed by atoms with E-state index in [-0.39, 0.29) is 17.4 Å². The van der Waals surface area contributed by atoms with Crippen molar-refractivity contribution in [3.8, 4) is 0 Å². The number of aromatic nitrogens is 1. The first-order valence-corrected chi connectivity index (χ1v) is 9.72. The van der Waals surface area contributed by atoms with Crippen LogP contribution >= 0.6 is 0 Å². The van der Waals surface area contributed by atoms with Gasteiger partial charge in [0.15, 0.2) is 0 Å². The number of piperidine rings is 1. The van der Waals surface area contributed by atoms with Gasteiger partial charge in [0, 0.05) is 49.3 Å². The Balaban J connectivity index is 1.47. The highest BCUT2D eigenvalue weighted by atomic mass is 16.3. The van der Waals surface area contributed by atoms with Gasteiger partial charge >= 0.3 is 0 Å². The van der Waals surface area contributed by atoms with E-state index in [0.717, 1.165) is 73.5 Å². The normalized spacial score (nSPS) is 24.1. The first-order valence-electron chi connectivity index (χ1n) is 9.72. The number of rotatable bonds is 1. The van der Waals surface area contributed by atoms with E-state index >= 15 is 0 Å². The number of fused-ring (bicyclic) bond motifs is 5. The van der Waals surface area contributed by atoms with Gasteiger partial charge in [-0.2, -0.15) is 0 Å². The smallest absolute Gasteiger partial charge is 0.257 e. The molecule has 0 unspecified atom stereocenters. The number of amides is 1. The lowest BCUT2D eigenvalue weighted by atomic mass is 9.82. The van der Waals surface area contributed by atoms with Crippen LogP contribution in [0.4, 0.5) is 0 Å². The van der Waals surface area contributed by atoms with Crippen molar-refractivity contribution in [3.05, 3.63) is 56.9 Å². The Morgan fingerprint density at radius 3 is 2.88 bits per heavy atom. The Morgan fingerprint density at radius 1 is 1.15 bits per heavy atom. The summed E-state index contributed by atoms with van der Waals surface area (Å²) in [5.74, 6) is 2.52. The molecule has 5 heteroatoms. The summed E-state index contributed by atoms with van der Waals surface area (Å²) in [6.45, 7) is 4.07. The SMILES string of the molecule is Cc1oc2c(c1C(=O)N1C[C@@H]3C[C@H](C1)c1cccc(=O)n1C3)CCCC2. The number of pyridine rings is 1. The van der Waals surface area contributed by atoms with Crippen LogP contribution in [-0.4, -0.2) is 28.5 Å². The van der Waals surface area contributed by atoms with Crippen LogP contribution in [0.15, 0.2) is 27.4 Å². The van der Waals surface area contributed by atoms with E-state index in [0.29, 0.717) is 12.5 Å². The number of hydrogen-bond donors (Lipinski definition) is 0. The van der Waals surface area contributed by atoms with Gasteiger partial charge < -0.3 is 13.9 Å². The summed E-state index contributed by atoms with van der Waals surface area (Å²) in [6.07, 6.45) is 5.24. The van der Waals surface area contributed by atoms with Crippen LogP contribution in [-0.2, 0) is 19.4 Å². The topological polar surface area (TPSA) is 55.5 Å². The molecule has 0 aromatic carbocycles. The Hall–Kier alpha value is -2.30. The molecule has 3 aliphatic rings. The molecule has 1 amide bonds. The molecule has 2 atom stereocenters. The van der Waals surface area contributed by atoms with Gasteiger partial charge in [0.1, 0.15) is 11.5 Å².